The molecule has 96 valence electrons. The van der Waals surface area contributed by atoms with Crippen molar-refractivity contribution in [1.29, 1.82) is 0 Å². The van der Waals surface area contributed by atoms with Crippen LogP contribution in [-0.2, 0) is 14.3 Å². The van der Waals surface area contributed by atoms with Crippen LogP contribution in [0.1, 0.15) is 39.5 Å². The van der Waals surface area contributed by atoms with Gasteiger partial charge >= 0.3 is 5.97 Å². The fourth-order valence-corrected chi connectivity index (χ4v) is 1.46. The minimum atomic E-state index is -0.0804. The maximum Gasteiger partial charge on any atom is 0.305 e. The average molecular weight is 231 g/mol. The second-order valence-corrected chi connectivity index (χ2v) is 3.93. The third kappa shape index (κ3) is 9.93. The maximum atomic E-state index is 11.0. The number of carbonyl (C=O) groups excluding carboxylic acids is 1. The lowest BCUT2D eigenvalue weighted by molar-refractivity contribution is -0.143. The van der Waals surface area contributed by atoms with Crippen molar-refractivity contribution in [2.45, 2.75) is 45.6 Å². The van der Waals surface area contributed by atoms with Crippen molar-refractivity contribution in [3.8, 4) is 0 Å². The molecule has 1 N–H and O–H groups in total. The summed E-state index contributed by atoms with van der Waals surface area (Å²) >= 11 is 0. The second kappa shape index (κ2) is 10.9. The summed E-state index contributed by atoms with van der Waals surface area (Å²) in [6.45, 7) is 6.13. The summed E-state index contributed by atoms with van der Waals surface area (Å²) in [4.78, 5) is 11.0. The number of unbranched alkanes of at least 4 members (excludes halogenated alkanes) is 2. The largest absolute Gasteiger partial charge is 0.466 e. The molecule has 0 aromatic heterocycles. The van der Waals surface area contributed by atoms with Gasteiger partial charge in [0.05, 0.1) is 13.2 Å². The van der Waals surface area contributed by atoms with Gasteiger partial charge in [0.25, 0.3) is 0 Å². The Morgan fingerprint density at radius 1 is 1.31 bits per heavy atom. The molecule has 16 heavy (non-hydrogen) atoms. The normalized spacial score (nSPS) is 12.4. The van der Waals surface area contributed by atoms with Crippen molar-refractivity contribution in [2.75, 3.05) is 26.9 Å². The van der Waals surface area contributed by atoms with Crippen LogP contribution < -0.4 is 5.32 Å². The Balaban J connectivity index is 3.18. The van der Waals surface area contributed by atoms with Crippen LogP contribution in [0.3, 0.4) is 0 Å². The van der Waals surface area contributed by atoms with E-state index in [0.29, 0.717) is 19.1 Å². The second-order valence-electron chi connectivity index (χ2n) is 3.93. The molecular formula is C12H25NO3. The number of nitrogens with one attached hydrogen (secondary N) is 1. The van der Waals surface area contributed by atoms with Crippen molar-refractivity contribution in [3.63, 3.8) is 0 Å². The summed E-state index contributed by atoms with van der Waals surface area (Å²) in [5, 5.41) is 3.36. The molecule has 0 spiro atoms. The molecular weight excluding hydrogens is 206 g/mol. The number of esters is 1. The molecule has 4 nitrogen and oxygen atoms in total. The Hall–Kier alpha value is -0.610. The van der Waals surface area contributed by atoms with Gasteiger partial charge in [-0.3, -0.25) is 4.79 Å². The summed E-state index contributed by atoms with van der Waals surface area (Å²) < 4.78 is 9.86. The van der Waals surface area contributed by atoms with Gasteiger partial charge in [-0.15, -0.1) is 0 Å². The highest BCUT2D eigenvalue weighted by molar-refractivity contribution is 5.69. The van der Waals surface area contributed by atoms with E-state index < -0.39 is 0 Å². The van der Waals surface area contributed by atoms with Crippen LogP contribution >= 0.6 is 0 Å². The molecule has 1 atom stereocenters. The van der Waals surface area contributed by atoms with Crippen molar-refractivity contribution in [1.82, 2.24) is 5.32 Å². The molecule has 0 aliphatic rings. The number of rotatable bonds is 10. The Morgan fingerprint density at radius 3 is 2.69 bits per heavy atom. The van der Waals surface area contributed by atoms with Crippen LogP contribution in [-0.4, -0.2) is 38.9 Å². The number of hydrogen-bond donors (Lipinski definition) is 1. The first kappa shape index (κ1) is 15.4. The first-order valence-electron chi connectivity index (χ1n) is 6.08. The zero-order valence-corrected chi connectivity index (χ0v) is 10.8. The zero-order valence-electron chi connectivity index (χ0n) is 10.8. The molecule has 0 heterocycles. The van der Waals surface area contributed by atoms with Gasteiger partial charge in [0.1, 0.15) is 0 Å². The van der Waals surface area contributed by atoms with Crippen molar-refractivity contribution >= 4 is 5.97 Å². The number of ether oxygens (including phenoxy) is 2. The summed E-state index contributed by atoms with van der Waals surface area (Å²) in [6, 6.07) is 0.398. The predicted octanol–water partition coefficient (Wildman–Crippen LogP) is 1.73. The predicted molar refractivity (Wildman–Crippen MR) is 64.4 cm³/mol. The Labute approximate surface area is 98.7 Å². The SMILES string of the molecule is CCOC(=O)CCCCCNC(C)COC. The molecule has 0 radical (unpaired) electrons. The van der Waals surface area contributed by atoms with Gasteiger partial charge in [0.2, 0.25) is 0 Å². The van der Waals surface area contributed by atoms with E-state index in [1.165, 1.54) is 0 Å². The summed E-state index contributed by atoms with van der Waals surface area (Å²) in [5.41, 5.74) is 0. The Kier molecular flexibility index (Phi) is 10.5. The molecule has 0 bridgehead atoms. The Bertz CT molecular complexity index is 174. The molecule has 0 saturated carbocycles. The zero-order chi connectivity index (χ0) is 12.2. The Morgan fingerprint density at radius 2 is 2.06 bits per heavy atom. The fraction of sp³-hybridized carbons (Fsp3) is 0.917. The van der Waals surface area contributed by atoms with Crippen LogP contribution in [0.2, 0.25) is 0 Å². The van der Waals surface area contributed by atoms with E-state index in [4.69, 9.17) is 9.47 Å². The van der Waals surface area contributed by atoms with Gasteiger partial charge in [-0.25, -0.2) is 0 Å². The van der Waals surface area contributed by atoms with E-state index in [2.05, 4.69) is 12.2 Å². The molecule has 0 rings (SSSR count). The van der Waals surface area contributed by atoms with Gasteiger partial charge < -0.3 is 14.8 Å². The molecule has 0 aliphatic heterocycles. The molecule has 0 fully saturated rings. The summed E-state index contributed by atoms with van der Waals surface area (Å²) in [7, 11) is 1.71. The van der Waals surface area contributed by atoms with Gasteiger partial charge in [-0.05, 0) is 33.2 Å². The van der Waals surface area contributed by atoms with E-state index in [1.807, 2.05) is 6.92 Å². The van der Waals surface area contributed by atoms with Crippen molar-refractivity contribution < 1.29 is 14.3 Å². The van der Waals surface area contributed by atoms with Crippen molar-refractivity contribution in [2.24, 2.45) is 0 Å². The summed E-state index contributed by atoms with van der Waals surface area (Å²) in [5.74, 6) is -0.0804. The number of carbonyl (C=O) groups is 1. The van der Waals surface area contributed by atoms with Crippen molar-refractivity contribution in [3.05, 3.63) is 0 Å². The van der Waals surface area contributed by atoms with Gasteiger partial charge in [-0.2, -0.15) is 0 Å². The highest BCUT2D eigenvalue weighted by atomic mass is 16.5. The quantitative estimate of drug-likeness (QED) is 0.459. The first-order chi connectivity index (χ1) is 7.70. The lowest BCUT2D eigenvalue weighted by Gasteiger charge is -2.12. The number of hydrogen-bond acceptors (Lipinski definition) is 4. The number of methoxy groups -OCH3 is 1. The minimum Gasteiger partial charge on any atom is -0.466 e. The first-order valence-corrected chi connectivity index (χ1v) is 6.08. The topological polar surface area (TPSA) is 47.6 Å². The highest BCUT2D eigenvalue weighted by Gasteiger charge is 2.01. The third-order valence-electron chi connectivity index (χ3n) is 2.27. The molecule has 4 heteroatoms. The molecule has 0 aromatic rings. The maximum absolute atomic E-state index is 11.0. The molecule has 0 aliphatic carbocycles. The highest BCUT2D eigenvalue weighted by Crippen LogP contribution is 2.00. The lowest BCUT2D eigenvalue weighted by atomic mass is 10.2. The van der Waals surface area contributed by atoms with E-state index in [9.17, 15) is 4.79 Å². The van der Waals surface area contributed by atoms with Crippen LogP contribution in [0.5, 0.6) is 0 Å². The van der Waals surface area contributed by atoms with E-state index in [0.717, 1.165) is 32.4 Å². The molecule has 0 saturated heterocycles. The fourth-order valence-electron chi connectivity index (χ4n) is 1.46. The molecule has 0 aromatic carbocycles. The van der Waals surface area contributed by atoms with Crippen LogP contribution in [0, 0.1) is 0 Å². The van der Waals surface area contributed by atoms with Crippen LogP contribution in [0.25, 0.3) is 0 Å². The lowest BCUT2D eigenvalue weighted by Crippen LogP contribution is -2.30. The minimum absolute atomic E-state index is 0.0804. The van der Waals surface area contributed by atoms with E-state index in [-0.39, 0.29) is 5.97 Å². The van der Waals surface area contributed by atoms with Crippen LogP contribution in [0.15, 0.2) is 0 Å². The van der Waals surface area contributed by atoms with E-state index >= 15 is 0 Å². The molecule has 0 amide bonds. The van der Waals surface area contributed by atoms with Gasteiger partial charge in [0, 0.05) is 19.6 Å². The van der Waals surface area contributed by atoms with E-state index in [1.54, 1.807) is 7.11 Å². The monoisotopic (exact) mass is 231 g/mol. The van der Waals surface area contributed by atoms with Crippen LogP contribution in [0.4, 0.5) is 0 Å². The summed E-state index contributed by atoms with van der Waals surface area (Å²) in [6.07, 6.45) is 3.61. The van der Waals surface area contributed by atoms with Gasteiger partial charge in [-0.1, -0.05) is 6.42 Å². The standard InChI is InChI=1S/C12H25NO3/c1-4-16-12(14)8-6-5-7-9-13-11(2)10-15-3/h11,13H,4-10H2,1-3H3. The average Bonchev–Trinajstić information content (AvgIpc) is 2.24. The smallest absolute Gasteiger partial charge is 0.305 e. The van der Waals surface area contributed by atoms with Gasteiger partial charge in [0.15, 0.2) is 0 Å². The molecule has 1 unspecified atom stereocenters. The third-order valence-corrected chi connectivity index (χ3v) is 2.27.